The molecule has 214 valence electrons. The van der Waals surface area contributed by atoms with E-state index in [0.29, 0.717) is 0 Å². The summed E-state index contributed by atoms with van der Waals surface area (Å²) in [6, 6.07) is 38.7. The molecule has 9 rings (SSSR count). The van der Waals surface area contributed by atoms with Crippen molar-refractivity contribution in [2.24, 2.45) is 11.0 Å². The second-order valence-electron chi connectivity index (χ2n) is 11.9. The maximum atomic E-state index is 5.52. The lowest BCUT2D eigenvalue weighted by Crippen LogP contribution is -2.61. The third kappa shape index (κ3) is 3.46. The zero-order valence-electron chi connectivity index (χ0n) is 24.4. The molecule has 44 heavy (non-hydrogen) atoms. The molecule has 0 aliphatic carbocycles. The Labute approximate surface area is 257 Å². The Morgan fingerprint density at radius 2 is 1.43 bits per heavy atom. The number of amidine groups is 1. The second kappa shape index (κ2) is 9.54. The average Bonchev–Trinajstić information content (AvgIpc) is 3.61. The van der Waals surface area contributed by atoms with Gasteiger partial charge in [0, 0.05) is 41.4 Å². The van der Waals surface area contributed by atoms with Gasteiger partial charge in [-0.2, -0.15) is 5.10 Å². The molecule has 4 aromatic carbocycles. The largest absolute Gasteiger partial charge is 0.349 e. The van der Waals surface area contributed by atoms with E-state index in [0.717, 1.165) is 51.8 Å². The van der Waals surface area contributed by atoms with Gasteiger partial charge >= 0.3 is 0 Å². The molecule has 0 bridgehead atoms. The first-order valence-electron chi connectivity index (χ1n) is 15.2. The molecule has 0 N–H and O–H groups in total. The van der Waals surface area contributed by atoms with E-state index in [2.05, 4.69) is 141 Å². The van der Waals surface area contributed by atoms with Gasteiger partial charge in [-0.05, 0) is 41.8 Å². The molecule has 0 amide bonds. The Balaban J connectivity index is 1.35. The van der Waals surface area contributed by atoms with E-state index < -0.39 is 0 Å². The summed E-state index contributed by atoms with van der Waals surface area (Å²) >= 11 is 0. The molecule has 0 saturated heterocycles. The molecule has 4 atom stereocenters. The average molecular weight is 574 g/mol. The van der Waals surface area contributed by atoms with Crippen LogP contribution >= 0.6 is 0 Å². The fraction of sp³-hybridized carbons (Fsp3) is 0.162. The SMILES string of the molecule is C=C1CC2c3ccccc3N3c4ncncc4N(C)C3C2C2N(N=C(c3ccccc3)N2c2ccccc2)c2ccccc21. The Hall–Kier alpha value is -5.43. The predicted molar refractivity (Wildman–Crippen MR) is 177 cm³/mol. The summed E-state index contributed by atoms with van der Waals surface area (Å²) in [5.41, 5.74) is 9.10. The first kappa shape index (κ1) is 25.1. The molecule has 4 aliphatic rings. The standard InChI is InChI=1S/C37H31N7/c1-24-21-29-28-18-10-11-19-30(28)43-35-32(22-38-23-39-35)41(2)36(43)33(29)37-42(26-15-7-4-8-16-26)34(25-13-5-3-6-14-25)40-44(37)31-20-12-9-17-27(24)31/h3-20,22-23,29,33,36-37H,1,21H2,2H3. The van der Waals surface area contributed by atoms with Crippen LogP contribution in [0.15, 0.2) is 133 Å². The highest BCUT2D eigenvalue weighted by molar-refractivity contribution is 6.13. The van der Waals surface area contributed by atoms with Crippen molar-refractivity contribution < 1.29 is 0 Å². The molecule has 0 spiro atoms. The Morgan fingerprint density at radius 3 is 2.25 bits per heavy atom. The molecule has 5 heterocycles. The Bertz CT molecular complexity index is 1940. The molecule has 5 aromatic rings. The number of nitrogens with zero attached hydrogens (tertiary/aromatic N) is 7. The Morgan fingerprint density at radius 1 is 0.727 bits per heavy atom. The minimum atomic E-state index is -0.141. The van der Waals surface area contributed by atoms with E-state index in [4.69, 9.17) is 16.7 Å². The molecule has 0 radical (unpaired) electrons. The lowest BCUT2D eigenvalue weighted by atomic mass is 9.72. The smallest absolute Gasteiger partial charge is 0.162 e. The quantitative estimate of drug-likeness (QED) is 0.222. The predicted octanol–water partition coefficient (Wildman–Crippen LogP) is 7.24. The highest BCUT2D eigenvalue weighted by Crippen LogP contribution is 2.58. The maximum absolute atomic E-state index is 5.52. The third-order valence-corrected chi connectivity index (χ3v) is 9.70. The summed E-state index contributed by atoms with van der Waals surface area (Å²) in [4.78, 5) is 16.6. The summed E-state index contributed by atoms with van der Waals surface area (Å²) in [5, 5.41) is 7.80. The van der Waals surface area contributed by atoms with Crippen molar-refractivity contribution in [3.63, 3.8) is 0 Å². The van der Waals surface area contributed by atoms with Crippen LogP contribution in [0, 0.1) is 5.92 Å². The van der Waals surface area contributed by atoms with E-state index in [-0.39, 0.29) is 24.2 Å². The van der Waals surface area contributed by atoms with E-state index >= 15 is 0 Å². The minimum Gasteiger partial charge on any atom is -0.349 e. The Kier molecular flexibility index (Phi) is 5.44. The number of anilines is 5. The van der Waals surface area contributed by atoms with Crippen molar-refractivity contribution in [1.82, 2.24) is 9.97 Å². The van der Waals surface area contributed by atoms with Crippen molar-refractivity contribution >= 4 is 40.0 Å². The molecular formula is C37H31N7. The topological polar surface area (TPSA) is 51.1 Å². The van der Waals surface area contributed by atoms with Gasteiger partial charge < -0.3 is 14.7 Å². The second-order valence-corrected chi connectivity index (χ2v) is 11.9. The summed E-state index contributed by atoms with van der Waals surface area (Å²) in [5.74, 6) is 2.12. The van der Waals surface area contributed by atoms with Crippen molar-refractivity contribution in [1.29, 1.82) is 0 Å². The van der Waals surface area contributed by atoms with Crippen LogP contribution in [0.25, 0.3) is 5.57 Å². The van der Waals surface area contributed by atoms with Crippen LogP contribution < -0.4 is 19.7 Å². The minimum absolute atomic E-state index is 0.0244. The summed E-state index contributed by atoms with van der Waals surface area (Å²) in [6.07, 6.45) is 4.28. The summed E-state index contributed by atoms with van der Waals surface area (Å²) < 4.78 is 0. The lowest BCUT2D eigenvalue weighted by Gasteiger charge is -2.52. The fourth-order valence-electron chi connectivity index (χ4n) is 7.89. The molecule has 1 aromatic heterocycles. The van der Waals surface area contributed by atoms with Crippen LogP contribution in [0.1, 0.15) is 29.0 Å². The molecular weight excluding hydrogens is 542 g/mol. The van der Waals surface area contributed by atoms with Gasteiger partial charge in [-0.15, -0.1) is 0 Å². The summed E-state index contributed by atoms with van der Waals surface area (Å²) in [6.45, 7) is 4.70. The van der Waals surface area contributed by atoms with Crippen LogP contribution in [0.2, 0.25) is 0 Å². The van der Waals surface area contributed by atoms with Crippen molar-refractivity contribution in [3.05, 3.63) is 145 Å². The van der Waals surface area contributed by atoms with Crippen LogP contribution in [-0.2, 0) is 0 Å². The van der Waals surface area contributed by atoms with Gasteiger partial charge in [-0.3, -0.25) is 0 Å². The van der Waals surface area contributed by atoms with Crippen LogP contribution in [-0.4, -0.2) is 35.2 Å². The number of allylic oxidation sites excluding steroid dienone is 1. The van der Waals surface area contributed by atoms with Crippen molar-refractivity contribution in [3.8, 4) is 0 Å². The van der Waals surface area contributed by atoms with Crippen molar-refractivity contribution in [2.75, 3.05) is 26.8 Å². The number of hydrogen-bond donors (Lipinski definition) is 0. The number of fused-ring (bicyclic) bond motifs is 12. The van der Waals surface area contributed by atoms with Crippen LogP contribution in [0.3, 0.4) is 0 Å². The molecule has 0 saturated carbocycles. The molecule has 0 fully saturated rings. The number of para-hydroxylation sites is 3. The van der Waals surface area contributed by atoms with E-state index in [1.165, 1.54) is 11.3 Å². The maximum Gasteiger partial charge on any atom is 0.162 e. The molecule has 4 aliphatic heterocycles. The number of aromatic nitrogens is 2. The van der Waals surface area contributed by atoms with Crippen LogP contribution in [0.4, 0.5) is 28.6 Å². The first-order chi connectivity index (χ1) is 21.7. The molecule has 4 unspecified atom stereocenters. The zero-order chi connectivity index (χ0) is 29.4. The van der Waals surface area contributed by atoms with E-state index in [1.807, 2.05) is 6.20 Å². The fourth-order valence-corrected chi connectivity index (χ4v) is 7.89. The normalized spacial score (nSPS) is 23.0. The highest BCUT2D eigenvalue weighted by atomic mass is 15.6. The lowest BCUT2D eigenvalue weighted by molar-refractivity contribution is 0.281. The van der Waals surface area contributed by atoms with Gasteiger partial charge in [-0.25, -0.2) is 15.0 Å². The third-order valence-electron chi connectivity index (χ3n) is 9.70. The highest BCUT2D eigenvalue weighted by Gasteiger charge is 2.57. The van der Waals surface area contributed by atoms with Crippen molar-refractivity contribution in [2.45, 2.75) is 24.7 Å². The van der Waals surface area contributed by atoms with Crippen LogP contribution in [0.5, 0.6) is 0 Å². The van der Waals surface area contributed by atoms with Gasteiger partial charge in [0.25, 0.3) is 0 Å². The van der Waals surface area contributed by atoms with Gasteiger partial charge in [0.2, 0.25) is 0 Å². The monoisotopic (exact) mass is 573 g/mol. The number of rotatable bonds is 2. The van der Waals surface area contributed by atoms with Gasteiger partial charge in [0.1, 0.15) is 24.3 Å². The molecule has 7 heteroatoms. The number of hydrazone groups is 1. The van der Waals surface area contributed by atoms with Gasteiger partial charge in [0.15, 0.2) is 11.7 Å². The number of hydrogen-bond acceptors (Lipinski definition) is 7. The van der Waals surface area contributed by atoms with Gasteiger partial charge in [0.05, 0.1) is 11.9 Å². The first-order valence-corrected chi connectivity index (χ1v) is 15.2. The summed E-state index contributed by atoms with van der Waals surface area (Å²) in [7, 11) is 2.19. The zero-order valence-corrected chi connectivity index (χ0v) is 24.4. The van der Waals surface area contributed by atoms with E-state index in [9.17, 15) is 0 Å². The molecule has 7 nitrogen and oxygen atoms in total. The van der Waals surface area contributed by atoms with E-state index in [1.54, 1.807) is 6.33 Å². The number of benzene rings is 4. The van der Waals surface area contributed by atoms with Gasteiger partial charge in [-0.1, -0.05) is 91.5 Å².